The molecule has 0 spiro atoms. The molecule has 2 aliphatic rings. The molecule has 1 aromatic carbocycles. The van der Waals surface area contributed by atoms with E-state index in [0.717, 1.165) is 18.8 Å². The van der Waals surface area contributed by atoms with Crippen LogP contribution in [0.4, 0.5) is 0 Å². The van der Waals surface area contributed by atoms with Gasteiger partial charge >= 0.3 is 0 Å². The van der Waals surface area contributed by atoms with Crippen molar-refractivity contribution in [3.8, 4) is 5.75 Å². The van der Waals surface area contributed by atoms with Crippen molar-refractivity contribution in [1.82, 2.24) is 5.32 Å². The third-order valence-corrected chi connectivity index (χ3v) is 4.46. The van der Waals surface area contributed by atoms with Crippen LogP contribution >= 0.6 is 0 Å². The summed E-state index contributed by atoms with van der Waals surface area (Å²) in [5, 5.41) is 3.80. The summed E-state index contributed by atoms with van der Waals surface area (Å²) < 4.78 is 11.0. The maximum atomic E-state index is 5.65. The van der Waals surface area contributed by atoms with Crippen molar-refractivity contribution in [2.24, 2.45) is 0 Å². The molecule has 3 unspecified atom stereocenters. The van der Waals surface area contributed by atoms with Crippen LogP contribution in [0.3, 0.4) is 0 Å². The lowest BCUT2D eigenvalue weighted by molar-refractivity contribution is 0.110. The summed E-state index contributed by atoms with van der Waals surface area (Å²) in [4.78, 5) is 0. The second-order valence-corrected chi connectivity index (χ2v) is 5.65. The zero-order valence-electron chi connectivity index (χ0n) is 11.8. The molecule has 19 heavy (non-hydrogen) atoms. The predicted octanol–water partition coefficient (Wildman–Crippen LogP) is 2.84. The van der Waals surface area contributed by atoms with E-state index in [1.165, 1.54) is 30.4 Å². The van der Waals surface area contributed by atoms with Crippen LogP contribution in [0.2, 0.25) is 0 Å². The summed E-state index contributed by atoms with van der Waals surface area (Å²) >= 11 is 0. The zero-order valence-corrected chi connectivity index (χ0v) is 11.8. The van der Waals surface area contributed by atoms with Gasteiger partial charge in [0.05, 0.1) is 13.2 Å². The summed E-state index contributed by atoms with van der Waals surface area (Å²) in [7, 11) is 1.73. The molecule has 3 rings (SSSR count). The van der Waals surface area contributed by atoms with Crippen LogP contribution in [0.1, 0.15) is 43.4 Å². The molecule has 3 nitrogen and oxygen atoms in total. The average molecular weight is 261 g/mol. The molecule has 3 atom stereocenters. The summed E-state index contributed by atoms with van der Waals surface area (Å²) in [5.74, 6) is 0.969. The highest BCUT2D eigenvalue weighted by atomic mass is 16.5. The number of ether oxygens (including phenoxy) is 2. The van der Waals surface area contributed by atoms with Gasteiger partial charge in [0, 0.05) is 18.7 Å². The van der Waals surface area contributed by atoms with Crippen molar-refractivity contribution in [1.29, 1.82) is 0 Å². The largest absolute Gasteiger partial charge is 0.497 e. The first kappa shape index (κ1) is 12.9. The molecule has 0 saturated carbocycles. The maximum Gasteiger partial charge on any atom is 0.119 e. The fourth-order valence-electron chi connectivity index (χ4n) is 3.30. The monoisotopic (exact) mass is 261 g/mol. The summed E-state index contributed by atoms with van der Waals surface area (Å²) in [5.41, 5.74) is 2.89. The fraction of sp³-hybridized carbons (Fsp3) is 0.625. The standard InChI is InChI=1S/C16H23NO2/c1-11-15(8-9-19-11)17-16-5-3-4-12-10-13(18-2)6-7-14(12)16/h6-7,10-11,15-17H,3-5,8-9H2,1-2H3. The van der Waals surface area contributed by atoms with Crippen LogP contribution in [-0.2, 0) is 11.2 Å². The van der Waals surface area contributed by atoms with E-state index in [1.54, 1.807) is 7.11 Å². The Morgan fingerprint density at radius 2 is 2.21 bits per heavy atom. The molecule has 3 heteroatoms. The first-order valence-corrected chi connectivity index (χ1v) is 7.32. The van der Waals surface area contributed by atoms with Crippen LogP contribution in [0.5, 0.6) is 5.75 Å². The summed E-state index contributed by atoms with van der Waals surface area (Å²) in [6, 6.07) is 7.47. The van der Waals surface area contributed by atoms with E-state index in [0.29, 0.717) is 18.2 Å². The van der Waals surface area contributed by atoms with Crippen LogP contribution in [0, 0.1) is 0 Å². The van der Waals surface area contributed by atoms with Gasteiger partial charge in [-0.05, 0) is 55.9 Å². The van der Waals surface area contributed by atoms with E-state index in [2.05, 4.69) is 30.4 Å². The molecule has 0 aromatic heterocycles. The Labute approximate surface area is 115 Å². The zero-order chi connectivity index (χ0) is 13.2. The number of hydrogen-bond donors (Lipinski definition) is 1. The SMILES string of the molecule is COc1ccc2c(c1)CCCC2NC1CCOC1C. The van der Waals surface area contributed by atoms with Gasteiger partial charge in [-0.25, -0.2) is 0 Å². The Bertz CT molecular complexity index is 446. The molecule has 1 saturated heterocycles. The highest BCUT2D eigenvalue weighted by molar-refractivity contribution is 5.39. The van der Waals surface area contributed by atoms with E-state index in [9.17, 15) is 0 Å². The minimum Gasteiger partial charge on any atom is -0.497 e. The minimum atomic E-state index is 0.337. The van der Waals surface area contributed by atoms with E-state index in [4.69, 9.17) is 9.47 Å². The molecule has 104 valence electrons. The molecular formula is C16H23NO2. The lowest BCUT2D eigenvalue weighted by atomic mass is 9.87. The molecule has 0 radical (unpaired) electrons. The van der Waals surface area contributed by atoms with Gasteiger partial charge in [-0.15, -0.1) is 0 Å². The first-order valence-electron chi connectivity index (χ1n) is 7.32. The summed E-state index contributed by atoms with van der Waals surface area (Å²) in [6.07, 6.45) is 5.11. The normalized spacial score (nSPS) is 30.1. The van der Waals surface area contributed by atoms with E-state index in [1.807, 2.05) is 0 Å². The molecule has 0 bridgehead atoms. The van der Waals surface area contributed by atoms with Crippen molar-refractivity contribution >= 4 is 0 Å². The number of methoxy groups -OCH3 is 1. The van der Waals surface area contributed by atoms with Crippen molar-refractivity contribution in [2.75, 3.05) is 13.7 Å². The van der Waals surface area contributed by atoms with Gasteiger partial charge in [-0.3, -0.25) is 0 Å². The van der Waals surface area contributed by atoms with Crippen LogP contribution in [0.25, 0.3) is 0 Å². The maximum absolute atomic E-state index is 5.65. The second kappa shape index (κ2) is 5.51. The van der Waals surface area contributed by atoms with Gasteiger partial charge in [-0.2, -0.15) is 0 Å². The Hall–Kier alpha value is -1.06. The highest BCUT2D eigenvalue weighted by Gasteiger charge is 2.29. The van der Waals surface area contributed by atoms with Crippen molar-refractivity contribution in [3.63, 3.8) is 0 Å². The average Bonchev–Trinajstić information content (AvgIpc) is 2.84. The smallest absolute Gasteiger partial charge is 0.119 e. The Balaban J connectivity index is 1.78. The third kappa shape index (κ3) is 2.63. The quantitative estimate of drug-likeness (QED) is 0.907. The van der Waals surface area contributed by atoms with E-state index in [-0.39, 0.29) is 0 Å². The Kier molecular flexibility index (Phi) is 3.76. The van der Waals surface area contributed by atoms with E-state index >= 15 is 0 Å². The molecular weight excluding hydrogens is 238 g/mol. The number of hydrogen-bond acceptors (Lipinski definition) is 3. The second-order valence-electron chi connectivity index (χ2n) is 5.65. The number of nitrogens with one attached hydrogen (secondary N) is 1. The van der Waals surface area contributed by atoms with Crippen LogP contribution < -0.4 is 10.1 Å². The number of rotatable bonds is 3. The van der Waals surface area contributed by atoms with Crippen molar-refractivity contribution in [2.45, 2.75) is 50.8 Å². The molecule has 1 fully saturated rings. The predicted molar refractivity (Wildman–Crippen MR) is 75.6 cm³/mol. The molecule has 1 heterocycles. The lowest BCUT2D eigenvalue weighted by Gasteiger charge is -2.30. The fourth-order valence-corrected chi connectivity index (χ4v) is 3.30. The number of fused-ring (bicyclic) bond motifs is 1. The van der Waals surface area contributed by atoms with Crippen LogP contribution in [0.15, 0.2) is 18.2 Å². The third-order valence-electron chi connectivity index (χ3n) is 4.46. The van der Waals surface area contributed by atoms with Crippen molar-refractivity contribution in [3.05, 3.63) is 29.3 Å². The molecule has 1 aromatic rings. The van der Waals surface area contributed by atoms with Gasteiger partial charge in [0.1, 0.15) is 5.75 Å². The van der Waals surface area contributed by atoms with E-state index < -0.39 is 0 Å². The topological polar surface area (TPSA) is 30.5 Å². The Morgan fingerprint density at radius 1 is 1.32 bits per heavy atom. The number of aryl methyl sites for hydroxylation is 1. The van der Waals surface area contributed by atoms with Gasteiger partial charge in [-0.1, -0.05) is 6.07 Å². The van der Waals surface area contributed by atoms with Gasteiger partial charge in [0.25, 0.3) is 0 Å². The molecule has 1 aliphatic heterocycles. The minimum absolute atomic E-state index is 0.337. The number of benzene rings is 1. The first-order chi connectivity index (χ1) is 9.28. The van der Waals surface area contributed by atoms with Crippen molar-refractivity contribution < 1.29 is 9.47 Å². The molecule has 1 N–H and O–H groups in total. The highest BCUT2D eigenvalue weighted by Crippen LogP contribution is 2.33. The molecule has 0 amide bonds. The van der Waals surface area contributed by atoms with Crippen LogP contribution in [-0.4, -0.2) is 25.9 Å². The van der Waals surface area contributed by atoms with Gasteiger partial charge < -0.3 is 14.8 Å². The Morgan fingerprint density at radius 3 is 2.95 bits per heavy atom. The van der Waals surface area contributed by atoms with Gasteiger partial charge in [0.15, 0.2) is 0 Å². The van der Waals surface area contributed by atoms with Gasteiger partial charge in [0.2, 0.25) is 0 Å². The lowest BCUT2D eigenvalue weighted by Crippen LogP contribution is -2.38. The molecule has 1 aliphatic carbocycles. The summed E-state index contributed by atoms with van der Waals surface area (Å²) in [6.45, 7) is 3.06.